The van der Waals surface area contributed by atoms with Crippen LogP contribution in [0.15, 0.2) is 12.2 Å². The Morgan fingerprint density at radius 3 is 1.26 bits per heavy atom. The minimum Gasteiger partial charge on any atom is -0.300 e. The highest BCUT2D eigenvalue weighted by atomic mass is 16.1. The monoisotopic (exact) mass is 434 g/mol. The van der Waals surface area contributed by atoms with Gasteiger partial charge in [-0.25, -0.2) is 0 Å². The molecule has 0 atom stereocenters. The second-order valence-electron chi connectivity index (χ2n) is 9.58. The zero-order valence-electron chi connectivity index (χ0n) is 21.2. The summed E-state index contributed by atoms with van der Waals surface area (Å²) in [7, 11) is 0. The van der Waals surface area contributed by atoms with Crippen molar-refractivity contribution in [2.75, 3.05) is 0 Å². The molecule has 0 bridgehead atoms. The van der Waals surface area contributed by atoms with E-state index in [2.05, 4.69) is 19.1 Å². The van der Waals surface area contributed by atoms with Crippen molar-refractivity contribution in [1.29, 1.82) is 0 Å². The molecule has 0 amide bonds. The number of hydrogen-bond donors (Lipinski definition) is 0. The highest BCUT2D eigenvalue weighted by Gasteiger charge is 2.04. The van der Waals surface area contributed by atoms with E-state index in [9.17, 15) is 9.59 Å². The average Bonchev–Trinajstić information content (AvgIpc) is 2.73. The van der Waals surface area contributed by atoms with Gasteiger partial charge in [-0.15, -0.1) is 0 Å². The molecule has 0 aromatic heterocycles. The highest BCUT2D eigenvalue weighted by Crippen LogP contribution is 2.14. The predicted molar refractivity (Wildman–Crippen MR) is 137 cm³/mol. The van der Waals surface area contributed by atoms with Crippen LogP contribution in [-0.4, -0.2) is 11.6 Å². The van der Waals surface area contributed by atoms with Gasteiger partial charge in [-0.1, -0.05) is 122 Å². The molecule has 2 nitrogen and oxygen atoms in total. The van der Waals surface area contributed by atoms with Crippen LogP contribution >= 0.6 is 0 Å². The van der Waals surface area contributed by atoms with Crippen LogP contribution < -0.4 is 0 Å². The number of Topliss-reactive ketones (excluding diaryl/α,β-unsaturated/α-hetero) is 2. The number of carbonyl (C=O) groups is 2. The van der Waals surface area contributed by atoms with Gasteiger partial charge < -0.3 is 0 Å². The lowest BCUT2D eigenvalue weighted by atomic mass is 10.0. The van der Waals surface area contributed by atoms with Gasteiger partial charge in [0.1, 0.15) is 11.6 Å². The molecular formula is C29H54O2. The van der Waals surface area contributed by atoms with Crippen molar-refractivity contribution < 1.29 is 9.59 Å². The maximum absolute atomic E-state index is 11.4. The lowest BCUT2D eigenvalue weighted by Crippen LogP contribution is -2.03. The van der Waals surface area contributed by atoms with Gasteiger partial charge in [0.25, 0.3) is 0 Å². The molecule has 2 heteroatoms. The Kier molecular flexibility index (Phi) is 24.6. The first kappa shape index (κ1) is 30.1. The second kappa shape index (κ2) is 25.3. The third-order valence-corrected chi connectivity index (χ3v) is 6.16. The van der Waals surface area contributed by atoms with Crippen LogP contribution in [0.3, 0.4) is 0 Å². The Bertz CT molecular complexity index is 424. The van der Waals surface area contributed by atoms with E-state index in [-0.39, 0.29) is 18.0 Å². The Labute approximate surface area is 195 Å². The van der Waals surface area contributed by atoms with Crippen molar-refractivity contribution in [2.45, 2.75) is 162 Å². The van der Waals surface area contributed by atoms with Crippen molar-refractivity contribution in [1.82, 2.24) is 0 Å². The molecule has 0 rings (SSSR count). The Balaban J connectivity index is 3.13. The van der Waals surface area contributed by atoms with Gasteiger partial charge in [0.05, 0.1) is 6.42 Å². The standard InChI is InChI=1S/C29H54O2/c1-3-4-5-6-7-8-9-10-11-12-13-14-15-16-17-18-19-20-21-22-23-24-25-26-29(31)27-28(2)30/h10-11H,3-9,12-27H2,1-2H3/b11-10+. The smallest absolute Gasteiger partial charge is 0.140 e. The summed E-state index contributed by atoms with van der Waals surface area (Å²) in [6.45, 7) is 3.78. The van der Waals surface area contributed by atoms with Crippen LogP contribution in [-0.2, 0) is 9.59 Å². The van der Waals surface area contributed by atoms with Gasteiger partial charge in [0.15, 0.2) is 0 Å². The quantitative estimate of drug-likeness (QED) is 0.0813. The topological polar surface area (TPSA) is 34.1 Å². The summed E-state index contributed by atoms with van der Waals surface area (Å²) in [6.07, 6.45) is 33.6. The molecule has 0 radical (unpaired) electrons. The van der Waals surface area contributed by atoms with Crippen LogP contribution in [0.5, 0.6) is 0 Å². The molecule has 0 aliphatic carbocycles. The minimum absolute atomic E-state index is 0.00348. The number of unbranched alkanes of at least 4 members (excludes halogenated alkanes) is 19. The van der Waals surface area contributed by atoms with Gasteiger partial charge in [-0.3, -0.25) is 9.59 Å². The maximum atomic E-state index is 11.4. The fourth-order valence-corrected chi connectivity index (χ4v) is 4.17. The minimum atomic E-state index is -0.00348. The van der Waals surface area contributed by atoms with E-state index in [1.807, 2.05) is 0 Å². The van der Waals surface area contributed by atoms with Crippen LogP contribution in [0.4, 0.5) is 0 Å². The molecule has 0 N–H and O–H groups in total. The molecule has 0 aromatic carbocycles. The molecule has 0 unspecified atom stereocenters. The van der Waals surface area contributed by atoms with E-state index in [4.69, 9.17) is 0 Å². The highest BCUT2D eigenvalue weighted by molar-refractivity contribution is 5.97. The lowest BCUT2D eigenvalue weighted by Gasteiger charge is -2.03. The van der Waals surface area contributed by atoms with Crippen molar-refractivity contribution in [3.8, 4) is 0 Å². The number of carbonyl (C=O) groups excluding carboxylic acids is 2. The molecular weight excluding hydrogens is 380 g/mol. The average molecular weight is 435 g/mol. The number of rotatable bonds is 25. The third-order valence-electron chi connectivity index (χ3n) is 6.16. The fourth-order valence-electron chi connectivity index (χ4n) is 4.17. The fraction of sp³-hybridized carbons (Fsp3) is 0.862. The number of allylic oxidation sites excluding steroid dienone is 2. The van der Waals surface area contributed by atoms with E-state index in [0.717, 1.165) is 12.8 Å². The van der Waals surface area contributed by atoms with Gasteiger partial charge in [0.2, 0.25) is 0 Å². The Morgan fingerprint density at radius 1 is 0.516 bits per heavy atom. The van der Waals surface area contributed by atoms with E-state index in [1.165, 1.54) is 129 Å². The van der Waals surface area contributed by atoms with Crippen molar-refractivity contribution in [2.24, 2.45) is 0 Å². The van der Waals surface area contributed by atoms with E-state index in [1.54, 1.807) is 0 Å². The first-order valence-electron chi connectivity index (χ1n) is 13.8. The van der Waals surface area contributed by atoms with Crippen LogP contribution in [0.1, 0.15) is 162 Å². The number of hydrogen-bond acceptors (Lipinski definition) is 2. The summed E-state index contributed by atoms with van der Waals surface area (Å²) < 4.78 is 0. The first-order chi connectivity index (χ1) is 15.2. The molecule has 0 saturated carbocycles. The van der Waals surface area contributed by atoms with Crippen molar-refractivity contribution >= 4 is 11.6 Å². The lowest BCUT2D eigenvalue weighted by molar-refractivity contribution is -0.125. The van der Waals surface area contributed by atoms with Crippen LogP contribution in [0, 0.1) is 0 Å². The number of ketones is 2. The summed E-state index contributed by atoms with van der Waals surface area (Å²) >= 11 is 0. The Hall–Kier alpha value is -0.920. The molecule has 0 aliphatic heterocycles. The first-order valence-corrected chi connectivity index (χ1v) is 13.8. The maximum Gasteiger partial charge on any atom is 0.140 e. The van der Waals surface area contributed by atoms with E-state index >= 15 is 0 Å². The largest absolute Gasteiger partial charge is 0.300 e. The van der Waals surface area contributed by atoms with E-state index in [0.29, 0.717) is 6.42 Å². The molecule has 0 heterocycles. The normalized spacial score (nSPS) is 11.4. The summed E-state index contributed by atoms with van der Waals surface area (Å²) in [5.41, 5.74) is 0. The molecule has 0 saturated heterocycles. The predicted octanol–water partition coefficient (Wildman–Crippen LogP) is 9.69. The van der Waals surface area contributed by atoms with Crippen LogP contribution in [0.2, 0.25) is 0 Å². The second-order valence-corrected chi connectivity index (χ2v) is 9.58. The molecule has 0 aliphatic rings. The zero-order valence-corrected chi connectivity index (χ0v) is 21.2. The summed E-state index contributed by atoms with van der Waals surface area (Å²) in [6, 6.07) is 0. The Morgan fingerprint density at radius 2 is 0.871 bits per heavy atom. The van der Waals surface area contributed by atoms with Crippen molar-refractivity contribution in [3.05, 3.63) is 12.2 Å². The van der Waals surface area contributed by atoms with Crippen molar-refractivity contribution in [3.63, 3.8) is 0 Å². The molecule has 0 spiro atoms. The van der Waals surface area contributed by atoms with Crippen LogP contribution in [0.25, 0.3) is 0 Å². The third kappa shape index (κ3) is 27.0. The molecule has 182 valence electrons. The molecule has 0 fully saturated rings. The summed E-state index contributed by atoms with van der Waals surface area (Å²) in [4.78, 5) is 22.3. The van der Waals surface area contributed by atoms with Gasteiger partial charge in [-0.05, 0) is 39.0 Å². The molecule has 0 aromatic rings. The van der Waals surface area contributed by atoms with Gasteiger partial charge >= 0.3 is 0 Å². The zero-order chi connectivity index (χ0) is 22.8. The SMILES string of the molecule is CCCCCCCC/C=C/CCCCCCCCCCCCCCCC(=O)CC(C)=O. The molecule has 31 heavy (non-hydrogen) atoms. The summed E-state index contributed by atoms with van der Waals surface area (Å²) in [5.74, 6) is 0.115. The van der Waals surface area contributed by atoms with Gasteiger partial charge in [-0.2, -0.15) is 0 Å². The summed E-state index contributed by atoms with van der Waals surface area (Å²) in [5, 5.41) is 0. The van der Waals surface area contributed by atoms with Gasteiger partial charge in [0, 0.05) is 6.42 Å². The van der Waals surface area contributed by atoms with E-state index < -0.39 is 0 Å².